The van der Waals surface area contributed by atoms with E-state index in [1.54, 1.807) is 48.5 Å². The van der Waals surface area contributed by atoms with E-state index in [-0.39, 0.29) is 11.3 Å². The molecule has 0 aliphatic heterocycles. The zero-order valence-electron chi connectivity index (χ0n) is 16.2. The molecule has 0 aromatic heterocycles. The third-order valence-corrected chi connectivity index (χ3v) is 4.09. The lowest BCUT2D eigenvalue weighted by atomic mass is 10.1. The van der Waals surface area contributed by atoms with Crippen LogP contribution in [0.2, 0.25) is 0 Å². The summed E-state index contributed by atoms with van der Waals surface area (Å²) in [5, 5.41) is 25.9. The number of benzene rings is 3. The number of nitrogens with one attached hydrogen (secondary N) is 1. The van der Waals surface area contributed by atoms with Crippen LogP contribution >= 0.6 is 0 Å². The van der Waals surface area contributed by atoms with Crippen LogP contribution in [0, 0.1) is 20.2 Å². The van der Waals surface area contributed by atoms with E-state index in [0.717, 1.165) is 18.2 Å². The van der Waals surface area contributed by atoms with E-state index in [1.807, 2.05) is 0 Å². The molecule has 1 amide bonds. The Morgan fingerprint density at radius 3 is 2.06 bits per heavy atom. The van der Waals surface area contributed by atoms with Gasteiger partial charge in [-0.3, -0.25) is 25.0 Å². The van der Waals surface area contributed by atoms with Crippen LogP contribution in [0.4, 0.5) is 11.4 Å². The zero-order valence-corrected chi connectivity index (χ0v) is 16.2. The number of hydrazone groups is 1. The highest BCUT2D eigenvalue weighted by molar-refractivity contribution is 5.96. The lowest BCUT2D eigenvalue weighted by Crippen LogP contribution is -2.17. The van der Waals surface area contributed by atoms with E-state index in [2.05, 4.69) is 10.5 Å². The Bertz CT molecular complexity index is 1190. The van der Waals surface area contributed by atoms with E-state index in [4.69, 9.17) is 4.74 Å². The summed E-state index contributed by atoms with van der Waals surface area (Å²) in [7, 11) is 0. The number of para-hydroxylation sites is 1. The second kappa shape index (κ2) is 9.71. The average molecular weight is 434 g/mol. The van der Waals surface area contributed by atoms with Crippen molar-refractivity contribution < 1.29 is 24.2 Å². The minimum atomic E-state index is -1.04. The van der Waals surface area contributed by atoms with Gasteiger partial charge in [0.2, 0.25) is 0 Å². The molecule has 160 valence electrons. The van der Waals surface area contributed by atoms with Gasteiger partial charge in [0.05, 0.1) is 27.7 Å². The molecule has 0 saturated carbocycles. The monoisotopic (exact) mass is 434 g/mol. The number of nitro groups is 2. The van der Waals surface area contributed by atoms with Crippen LogP contribution < -0.4 is 10.2 Å². The number of hydrogen-bond acceptors (Lipinski definition) is 8. The Balaban J connectivity index is 1.79. The number of nitro benzene ring substituents is 2. The number of nitrogens with zero attached hydrogens (tertiary/aromatic N) is 3. The van der Waals surface area contributed by atoms with Gasteiger partial charge < -0.3 is 4.74 Å². The predicted octanol–water partition coefficient (Wildman–Crippen LogP) is 3.49. The summed E-state index contributed by atoms with van der Waals surface area (Å²) in [6.07, 6.45) is 1.25. The fourth-order valence-electron chi connectivity index (χ4n) is 2.58. The maximum Gasteiger partial charge on any atom is 0.344 e. The van der Waals surface area contributed by atoms with Crippen molar-refractivity contribution in [1.82, 2.24) is 5.43 Å². The molecule has 0 unspecified atom stereocenters. The summed E-state index contributed by atoms with van der Waals surface area (Å²) in [4.78, 5) is 44.9. The van der Waals surface area contributed by atoms with Gasteiger partial charge in [0.15, 0.2) is 0 Å². The molecule has 0 aliphatic rings. The fourth-order valence-corrected chi connectivity index (χ4v) is 2.58. The van der Waals surface area contributed by atoms with Gasteiger partial charge in [0, 0.05) is 23.3 Å². The first-order valence-electron chi connectivity index (χ1n) is 8.98. The van der Waals surface area contributed by atoms with Crippen molar-refractivity contribution in [1.29, 1.82) is 0 Å². The van der Waals surface area contributed by atoms with E-state index in [9.17, 15) is 29.8 Å². The normalized spacial score (nSPS) is 10.5. The molecular formula is C21H14N4O7. The number of ether oxygens (including phenoxy) is 1. The molecular weight excluding hydrogens is 420 g/mol. The lowest BCUT2D eigenvalue weighted by Gasteiger charge is -2.07. The molecule has 0 atom stereocenters. The molecule has 0 radical (unpaired) electrons. The van der Waals surface area contributed by atoms with Crippen molar-refractivity contribution in [2.45, 2.75) is 0 Å². The molecule has 11 nitrogen and oxygen atoms in total. The topological polar surface area (TPSA) is 154 Å². The first kappa shape index (κ1) is 21.8. The first-order chi connectivity index (χ1) is 15.3. The van der Waals surface area contributed by atoms with Gasteiger partial charge in [-0.25, -0.2) is 10.2 Å². The summed E-state index contributed by atoms with van der Waals surface area (Å²) >= 11 is 0. The van der Waals surface area contributed by atoms with Crippen molar-refractivity contribution in [3.8, 4) is 5.75 Å². The van der Waals surface area contributed by atoms with E-state index in [0.29, 0.717) is 11.1 Å². The Labute approximate surface area is 180 Å². The summed E-state index contributed by atoms with van der Waals surface area (Å²) in [6.45, 7) is 0. The molecule has 11 heteroatoms. The van der Waals surface area contributed by atoms with E-state index < -0.39 is 33.1 Å². The highest BCUT2D eigenvalue weighted by Gasteiger charge is 2.21. The molecule has 0 heterocycles. The van der Waals surface area contributed by atoms with Crippen LogP contribution in [-0.4, -0.2) is 27.9 Å². The molecule has 0 fully saturated rings. The summed E-state index contributed by atoms with van der Waals surface area (Å²) < 4.78 is 5.26. The lowest BCUT2D eigenvalue weighted by molar-refractivity contribution is -0.394. The number of esters is 1. The molecule has 3 aromatic rings. The number of rotatable bonds is 7. The second-order valence-corrected chi connectivity index (χ2v) is 6.24. The maximum absolute atomic E-state index is 12.5. The van der Waals surface area contributed by atoms with Gasteiger partial charge in [-0.1, -0.05) is 30.3 Å². The highest BCUT2D eigenvalue weighted by atomic mass is 16.6. The Hall–Kier alpha value is -4.93. The predicted molar refractivity (Wildman–Crippen MR) is 113 cm³/mol. The molecule has 32 heavy (non-hydrogen) atoms. The van der Waals surface area contributed by atoms with Crippen LogP contribution in [0.15, 0.2) is 77.9 Å². The van der Waals surface area contributed by atoms with Crippen LogP contribution in [0.1, 0.15) is 26.3 Å². The van der Waals surface area contributed by atoms with Crippen molar-refractivity contribution in [2.75, 3.05) is 0 Å². The quantitative estimate of drug-likeness (QED) is 0.196. The van der Waals surface area contributed by atoms with Gasteiger partial charge in [0.25, 0.3) is 17.3 Å². The summed E-state index contributed by atoms with van der Waals surface area (Å²) in [6, 6.07) is 17.1. The van der Waals surface area contributed by atoms with Crippen molar-refractivity contribution in [2.24, 2.45) is 5.10 Å². The Morgan fingerprint density at radius 1 is 0.844 bits per heavy atom. The van der Waals surface area contributed by atoms with Crippen LogP contribution in [0.3, 0.4) is 0 Å². The standard InChI is InChI=1S/C21H14N4O7/c26-20(14-6-2-1-3-7-14)23-22-13-15-8-4-5-9-19(15)32-21(27)16-10-17(24(28)29)12-18(11-16)25(30)31/h1-13H,(H,23,26). The van der Waals surface area contributed by atoms with Crippen LogP contribution in [0.25, 0.3) is 0 Å². The van der Waals surface area contributed by atoms with Crippen molar-refractivity contribution in [3.63, 3.8) is 0 Å². The largest absolute Gasteiger partial charge is 0.422 e. The number of amides is 1. The average Bonchev–Trinajstić information content (AvgIpc) is 2.80. The van der Waals surface area contributed by atoms with Gasteiger partial charge in [0.1, 0.15) is 5.75 Å². The maximum atomic E-state index is 12.5. The number of carbonyl (C=O) groups excluding carboxylic acids is 2. The smallest absolute Gasteiger partial charge is 0.344 e. The highest BCUT2D eigenvalue weighted by Crippen LogP contribution is 2.24. The Morgan fingerprint density at radius 2 is 1.44 bits per heavy atom. The number of carbonyl (C=O) groups is 2. The minimum absolute atomic E-state index is 0.0318. The third kappa shape index (κ3) is 5.36. The molecule has 3 aromatic carbocycles. The van der Waals surface area contributed by atoms with Crippen molar-refractivity contribution >= 4 is 29.5 Å². The SMILES string of the molecule is O=C(NN=Cc1ccccc1OC(=O)c1cc([N+](=O)[O-])cc([N+](=O)[O-])c1)c1ccccc1. The van der Waals surface area contributed by atoms with Gasteiger partial charge in [-0.15, -0.1) is 0 Å². The zero-order chi connectivity index (χ0) is 23.1. The minimum Gasteiger partial charge on any atom is -0.422 e. The van der Waals surface area contributed by atoms with Crippen LogP contribution in [0.5, 0.6) is 5.75 Å². The fraction of sp³-hybridized carbons (Fsp3) is 0. The number of non-ortho nitro benzene ring substituents is 2. The Kier molecular flexibility index (Phi) is 6.61. The number of hydrogen-bond donors (Lipinski definition) is 1. The second-order valence-electron chi connectivity index (χ2n) is 6.24. The van der Waals surface area contributed by atoms with E-state index >= 15 is 0 Å². The molecule has 0 spiro atoms. The van der Waals surface area contributed by atoms with Gasteiger partial charge in [-0.2, -0.15) is 5.10 Å². The van der Waals surface area contributed by atoms with E-state index in [1.165, 1.54) is 12.3 Å². The molecule has 0 saturated heterocycles. The molecule has 1 N–H and O–H groups in total. The van der Waals surface area contributed by atoms with Gasteiger partial charge >= 0.3 is 5.97 Å². The van der Waals surface area contributed by atoms with Crippen LogP contribution in [-0.2, 0) is 0 Å². The summed E-state index contributed by atoms with van der Waals surface area (Å²) in [5.74, 6) is -1.45. The molecule has 0 aliphatic carbocycles. The third-order valence-electron chi connectivity index (χ3n) is 4.09. The molecule has 0 bridgehead atoms. The van der Waals surface area contributed by atoms with Crippen molar-refractivity contribution in [3.05, 3.63) is 110 Å². The summed E-state index contributed by atoms with van der Waals surface area (Å²) in [5.41, 5.74) is 1.45. The van der Waals surface area contributed by atoms with Gasteiger partial charge in [-0.05, 0) is 24.3 Å². The first-order valence-corrected chi connectivity index (χ1v) is 8.98. The molecule has 3 rings (SSSR count).